The Balaban J connectivity index is 1.42. The van der Waals surface area contributed by atoms with Crippen LogP contribution in [0.1, 0.15) is 4.88 Å². The van der Waals surface area contributed by atoms with Crippen molar-refractivity contribution >= 4 is 28.5 Å². The number of nitriles is 1. The number of aromatic amines is 1. The van der Waals surface area contributed by atoms with Crippen LogP contribution in [0, 0.1) is 11.3 Å². The second kappa shape index (κ2) is 7.20. The first-order valence-electron chi connectivity index (χ1n) is 8.57. The van der Waals surface area contributed by atoms with E-state index in [1.807, 2.05) is 18.2 Å². The van der Waals surface area contributed by atoms with Gasteiger partial charge in [0.1, 0.15) is 10.9 Å². The minimum atomic E-state index is 0.698. The zero-order chi connectivity index (χ0) is 17.9. The Morgan fingerprint density at radius 1 is 1.12 bits per heavy atom. The lowest BCUT2D eigenvalue weighted by Gasteiger charge is -2.34. The van der Waals surface area contributed by atoms with Crippen molar-refractivity contribution in [2.45, 2.75) is 0 Å². The molecule has 3 heterocycles. The molecule has 0 spiro atoms. The summed E-state index contributed by atoms with van der Waals surface area (Å²) in [5, 5.41) is 19.6. The minimum absolute atomic E-state index is 0.698. The van der Waals surface area contributed by atoms with E-state index in [2.05, 4.69) is 62.7 Å². The van der Waals surface area contributed by atoms with Crippen LogP contribution >= 0.6 is 11.3 Å². The van der Waals surface area contributed by atoms with E-state index in [4.69, 9.17) is 5.26 Å². The monoisotopic (exact) mass is 364 g/mol. The Hall–Kier alpha value is -2.82. The van der Waals surface area contributed by atoms with Gasteiger partial charge in [-0.25, -0.2) is 0 Å². The number of rotatable bonds is 4. The molecule has 7 heteroatoms. The van der Waals surface area contributed by atoms with Crippen LogP contribution < -0.4 is 10.2 Å². The molecule has 0 atom stereocenters. The highest BCUT2D eigenvalue weighted by Crippen LogP contribution is 2.28. The van der Waals surface area contributed by atoms with Gasteiger partial charge in [0, 0.05) is 43.6 Å². The van der Waals surface area contributed by atoms with Gasteiger partial charge in [0.05, 0.1) is 10.6 Å². The molecule has 1 fully saturated rings. The third-order valence-corrected chi connectivity index (χ3v) is 5.59. The molecule has 0 aliphatic carbocycles. The molecule has 0 bridgehead atoms. The number of likely N-dealkylation sites (N-methyl/N-ethyl adjacent to an activating group) is 1. The molecule has 26 heavy (non-hydrogen) atoms. The number of nitrogens with zero attached hydrogens (tertiary/aromatic N) is 4. The van der Waals surface area contributed by atoms with E-state index in [0.29, 0.717) is 4.88 Å². The standard InChI is InChI=1S/C19H20N6S/c1-24-8-10-25(11-9-24)15-4-2-14(3-5-15)21-19-12-17(22-23-19)18-7-6-16(13-20)26-18/h2-7,12H,8-11H2,1H3,(H2,21,22,23). The molecule has 0 saturated carbocycles. The van der Waals surface area contributed by atoms with Gasteiger partial charge in [-0.2, -0.15) is 10.4 Å². The lowest BCUT2D eigenvalue weighted by Crippen LogP contribution is -2.44. The molecule has 3 aromatic rings. The van der Waals surface area contributed by atoms with Gasteiger partial charge in [-0.3, -0.25) is 5.10 Å². The fourth-order valence-electron chi connectivity index (χ4n) is 3.02. The highest BCUT2D eigenvalue weighted by molar-refractivity contribution is 7.15. The number of anilines is 3. The predicted octanol–water partition coefficient (Wildman–Crippen LogP) is 3.51. The first kappa shape index (κ1) is 16.6. The van der Waals surface area contributed by atoms with Crippen molar-refractivity contribution in [1.29, 1.82) is 5.26 Å². The number of nitrogens with one attached hydrogen (secondary N) is 2. The number of hydrogen-bond acceptors (Lipinski definition) is 6. The number of hydrogen-bond donors (Lipinski definition) is 2. The molecular weight excluding hydrogens is 344 g/mol. The van der Waals surface area contributed by atoms with Gasteiger partial charge in [-0.05, 0) is 43.4 Å². The van der Waals surface area contributed by atoms with E-state index in [-0.39, 0.29) is 0 Å². The molecule has 1 aromatic carbocycles. The second-order valence-corrected chi connectivity index (χ2v) is 7.49. The summed E-state index contributed by atoms with van der Waals surface area (Å²) < 4.78 is 0. The smallest absolute Gasteiger partial charge is 0.152 e. The van der Waals surface area contributed by atoms with Crippen LogP contribution in [0.5, 0.6) is 0 Å². The zero-order valence-electron chi connectivity index (χ0n) is 14.6. The topological polar surface area (TPSA) is 71.0 Å². The molecular formula is C19H20N6S. The molecule has 4 rings (SSSR count). The SMILES string of the molecule is CN1CCN(c2ccc(Nc3cc(-c4ccc(C#N)s4)[nH]n3)cc2)CC1. The lowest BCUT2D eigenvalue weighted by molar-refractivity contribution is 0.313. The maximum absolute atomic E-state index is 8.94. The average Bonchev–Trinajstić information content (AvgIpc) is 3.32. The van der Waals surface area contributed by atoms with Gasteiger partial charge in [0.2, 0.25) is 0 Å². The number of aromatic nitrogens is 2. The average molecular weight is 364 g/mol. The molecule has 0 radical (unpaired) electrons. The first-order valence-corrected chi connectivity index (χ1v) is 9.39. The molecule has 1 aliphatic rings. The summed E-state index contributed by atoms with van der Waals surface area (Å²) in [5.41, 5.74) is 3.17. The maximum atomic E-state index is 8.94. The van der Waals surface area contributed by atoms with E-state index >= 15 is 0 Å². The molecule has 1 saturated heterocycles. The van der Waals surface area contributed by atoms with Gasteiger partial charge in [0.15, 0.2) is 5.82 Å². The highest BCUT2D eigenvalue weighted by atomic mass is 32.1. The zero-order valence-corrected chi connectivity index (χ0v) is 15.4. The third-order valence-electron chi connectivity index (χ3n) is 4.57. The number of H-pyrrole nitrogens is 1. The van der Waals surface area contributed by atoms with Crippen LogP contribution in [0.2, 0.25) is 0 Å². The fourth-order valence-corrected chi connectivity index (χ4v) is 3.79. The van der Waals surface area contributed by atoms with Gasteiger partial charge in [0.25, 0.3) is 0 Å². The van der Waals surface area contributed by atoms with Crippen LogP contribution in [-0.2, 0) is 0 Å². The van der Waals surface area contributed by atoms with Gasteiger partial charge >= 0.3 is 0 Å². The molecule has 0 unspecified atom stereocenters. The first-order chi connectivity index (χ1) is 12.7. The highest BCUT2D eigenvalue weighted by Gasteiger charge is 2.14. The van der Waals surface area contributed by atoms with Crippen molar-refractivity contribution in [3.8, 4) is 16.6 Å². The Bertz CT molecular complexity index is 912. The van der Waals surface area contributed by atoms with E-state index in [0.717, 1.165) is 48.3 Å². The number of benzene rings is 1. The van der Waals surface area contributed by atoms with E-state index in [1.54, 1.807) is 0 Å². The molecule has 2 aromatic heterocycles. The second-order valence-electron chi connectivity index (χ2n) is 6.40. The summed E-state index contributed by atoms with van der Waals surface area (Å²) in [5.74, 6) is 0.763. The summed E-state index contributed by atoms with van der Waals surface area (Å²) in [6, 6.07) is 16.4. The summed E-state index contributed by atoms with van der Waals surface area (Å²) in [4.78, 5) is 6.48. The van der Waals surface area contributed by atoms with E-state index in [9.17, 15) is 0 Å². The Kier molecular flexibility index (Phi) is 4.61. The van der Waals surface area contributed by atoms with Crippen LogP contribution in [0.4, 0.5) is 17.2 Å². The molecule has 6 nitrogen and oxygen atoms in total. The fraction of sp³-hybridized carbons (Fsp3) is 0.263. The Morgan fingerprint density at radius 3 is 2.58 bits per heavy atom. The van der Waals surface area contributed by atoms with Crippen LogP contribution in [-0.4, -0.2) is 48.3 Å². The normalized spacial score (nSPS) is 15.0. The van der Waals surface area contributed by atoms with Crippen LogP contribution in [0.25, 0.3) is 10.6 Å². The Labute approximate surface area is 156 Å². The van der Waals surface area contributed by atoms with Gasteiger partial charge < -0.3 is 15.1 Å². The summed E-state index contributed by atoms with van der Waals surface area (Å²) in [6.07, 6.45) is 0. The minimum Gasteiger partial charge on any atom is -0.369 e. The van der Waals surface area contributed by atoms with Gasteiger partial charge in [-0.15, -0.1) is 11.3 Å². The maximum Gasteiger partial charge on any atom is 0.152 e. The van der Waals surface area contributed by atoms with Crippen molar-refractivity contribution in [3.63, 3.8) is 0 Å². The van der Waals surface area contributed by atoms with Crippen molar-refractivity contribution < 1.29 is 0 Å². The van der Waals surface area contributed by atoms with Crippen molar-refractivity contribution in [2.75, 3.05) is 43.4 Å². The number of piperazine rings is 1. The van der Waals surface area contributed by atoms with Crippen molar-refractivity contribution in [3.05, 3.63) is 47.3 Å². The quantitative estimate of drug-likeness (QED) is 0.741. The molecule has 132 valence electrons. The third kappa shape index (κ3) is 3.57. The van der Waals surface area contributed by atoms with Crippen LogP contribution in [0.15, 0.2) is 42.5 Å². The number of thiophene rings is 1. The van der Waals surface area contributed by atoms with Crippen molar-refractivity contribution in [2.24, 2.45) is 0 Å². The van der Waals surface area contributed by atoms with Gasteiger partial charge in [-0.1, -0.05) is 0 Å². The predicted molar refractivity (Wildman–Crippen MR) is 106 cm³/mol. The molecule has 0 amide bonds. The molecule has 2 N–H and O–H groups in total. The molecule has 1 aliphatic heterocycles. The summed E-state index contributed by atoms with van der Waals surface area (Å²) >= 11 is 1.45. The van der Waals surface area contributed by atoms with E-state index in [1.165, 1.54) is 17.0 Å². The summed E-state index contributed by atoms with van der Waals surface area (Å²) in [6.45, 7) is 4.34. The Morgan fingerprint density at radius 2 is 1.88 bits per heavy atom. The summed E-state index contributed by atoms with van der Waals surface area (Å²) in [7, 11) is 2.17. The van der Waals surface area contributed by atoms with Crippen LogP contribution in [0.3, 0.4) is 0 Å². The lowest BCUT2D eigenvalue weighted by atomic mass is 10.2. The van der Waals surface area contributed by atoms with Crippen molar-refractivity contribution in [1.82, 2.24) is 15.1 Å². The largest absolute Gasteiger partial charge is 0.369 e. The van der Waals surface area contributed by atoms with E-state index < -0.39 is 0 Å².